The summed E-state index contributed by atoms with van der Waals surface area (Å²) in [7, 11) is 0. The van der Waals surface area contributed by atoms with E-state index >= 15 is 0 Å². The van der Waals surface area contributed by atoms with Crippen LogP contribution in [0.4, 0.5) is 0 Å². The summed E-state index contributed by atoms with van der Waals surface area (Å²) >= 11 is 2.20. The van der Waals surface area contributed by atoms with E-state index in [9.17, 15) is 0 Å². The Bertz CT molecular complexity index is 85.3. The van der Waals surface area contributed by atoms with Crippen molar-refractivity contribution in [1.82, 2.24) is 0 Å². The van der Waals surface area contributed by atoms with Crippen LogP contribution in [0, 0.1) is 5.92 Å². The predicted molar refractivity (Wildman–Crippen MR) is 47.2 cm³/mol. The molecule has 1 aliphatic heterocycles. The smallest absolute Gasteiger partial charge is 0.0109 e. The number of hydrogen-bond acceptors (Lipinski definition) is 1. The standard InChI is InChI=1S/C9H15S/c1-2-5-8(4-1)9-6-3-7-10-9/h9H,1-7H2. The normalized spacial score (nSPS) is 35.4. The van der Waals surface area contributed by atoms with Gasteiger partial charge in [-0.1, -0.05) is 12.8 Å². The van der Waals surface area contributed by atoms with E-state index in [1.807, 2.05) is 5.92 Å². The van der Waals surface area contributed by atoms with Gasteiger partial charge in [0.1, 0.15) is 0 Å². The second-order valence-corrected chi connectivity index (χ2v) is 4.68. The van der Waals surface area contributed by atoms with Gasteiger partial charge in [0.15, 0.2) is 0 Å². The Kier molecular flexibility index (Phi) is 2.22. The Morgan fingerprint density at radius 2 is 1.90 bits per heavy atom. The van der Waals surface area contributed by atoms with E-state index in [2.05, 4.69) is 11.8 Å². The molecule has 2 fully saturated rings. The van der Waals surface area contributed by atoms with Crippen molar-refractivity contribution < 1.29 is 0 Å². The number of hydrogen-bond donors (Lipinski definition) is 0. The summed E-state index contributed by atoms with van der Waals surface area (Å²) in [6.07, 6.45) is 8.83. The van der Waals surface area contributed by atoms with Crippen LogP contribution in [-0.2, 0) is 0 Å². The van der Waals surface area contributed by atoms with Gasteiger partial charge >= 0.3 is 0 Å². The molecule has 0 nitrogen and oxygen atoms in total. The molecule has 0 aromatic carbocycles. The van der Waals surface area contributed by atoms with Crippen molar-refractivity contribution in [2.75, 3.05) is 5.75 Å². The third-order valence-corrected chi connectivity index (χ3v) is 4.13. The zero-order valence-electron chi connectivity index (χ0n) is 6.44. The van der Waals surface area contributed by atoms with Crippen molar-refractivity contribution in [2.24, 2.45) is 0 Å². The van der Waals surface area contributed by atoms with E-state index in [-0.39, 0.29) is 0 Å². The van der Waals surface area contributed by atoms with E-state index in [1.54, 1.807) is 0 Å². The molecule has 0 spiro atoms. The maximum atomic E-state index is 2.20. The molecule has 1 heteroatoms. The van der Waals surface area contributed by atoms with Crippen molar-refractivity contribution in [1.29, 1.82) is 0 Å². The molecule has 1 unspecified atom stereocenters. The van der Waals surface area contributed by atoms with Gasteiger partial charge in [0.25, 0.3) is 0 Å². The Hall–Kier alpha value is 0.350. The summed E-state index contributed by atoms with van der Waals surface area (Å²) in [6, 6.07) is 0. The molecular weight excluding hydrogens is 140 g/mol. The highest BCUT2D eigenvalue weighted by atomic mass is 32.2. The molecule has 1 atom stereocenters. The fourth-order valence-electron chi connectivity index (χ4n) is 2.05. The van der Waals surface area contributed by atoms with Gasteiger partial charge in [-0.05, 0) is 37.4 Å². The van der Waals surface area contributed by atoms with Crippen molar-refractivity contribution in [3.05, 3.63) is 5.92 Å². The van der Waals surface area contributed by atoms with E-state index in [4.69, 9.17) is 0 Å². The molecule has 1 saturated heterocycles. The van der Waals surface area contributed by atoms with Crippen LogP contribution >= 0.6 is 11.8 Å². The van der Waals surface area contributed by atoms with Gasteiger partial charge in [-0.2, -0.15) is 11.8 Å². The van der Waals surface area contributed by atoms with Gasteiger partial charge in [0.05, 0.1) is 0 Å². The molecule has 10 heavy (non-hydrogen) atoms. The average molecular weight is 155 g/mol. The second kappa shape index (κ2) is 3.17. The van der Waals surface area contributed by atoms with Crippen molar-refractivity contribution in [3.63, 3.8) is 0 Å². The molecule has 0 bridgehead atoms. The largest absolute Gasteiger partial charge is 0.158 e. The molecule has 2 rings (SSSR count). The third-order valence-electron chi connectivity index (χ3n) is 2.63. The van der Waals surface area contributed by atoms with Crippen LogP contribution in [0.3, 0.4) is 0 Å². The van der Waals surface area contributed by atoms with Crippen LogP contribution in [0.25, 0.3) is 0 Å². The first-order valence-corrected chi connectivity index (χ1v) is 5.48. The molecule has 0 aromatic heterocycles. The summed E-state index contributed by atoms with van der Waals surface area (Å²) in [6.45, 7) is 0. The van der Waals surface area contributed by atoms with E-state index in [0.717, 1.165) is 5.25 Å². The Morgan fingerprint density at radius 3 is 2.50 bits per heavy atom. The fraction of sp³-hybridized carbons (Fsp3) is 0.889. The van der Waals surface area contributed by atoms with Crippen LogP contribution < -0.4 is 0 Å². The Balaban J connectivity index is 1.85. The van der Waals surface area contributed by atoms with Gasteiger partial charge in [-0.25, -0.2) is 0 Å². The summed E-state index contributed by atoms with van der Waals surface area (Å²) in [4.78, 5) is 0. The van der Waals surface area contributed by atoms with E-state index < -0.39 is 0 Å². The third kappa shape index (κ3) is 1.34. The molecule has 57 valence electrons. The van der Waals surface area contributed by atoms with Gasteiger partial charge in [0.2, 0.25) is 0 Å². The number of thioether (sulfide) groups is 1. The van der Waals surface area contributed by atoms with Crippen LogP contribution in [-0.4, -0.2) is 11.0 Å². The lowest BCUT2D eigenvalue weighted by Gasteiger charge is -2.14. The fourth-order valence-corrected chi connectivity index (χ4v) is 3.47. The first-order chi connectivity index (χ1) is 4.97. The van der Waals surface area contributed by atoms with Crippen molar-refractivity contribution in [2.45, 2.75) is 43.8 Å². The quantitative estimate of drug-likeness (QED) is 0.561. The Labute approximate surface area is 67.8 Å². The minimum atomic E-state index is 0.988. The molecule has 1 radical (unpaired) electrons. The molecule has 1 aliphatic carbocycles. The zero-order valence-corrected chi connectivity index (χ0v) is 7.25. The molecule has 0 aromatic rings. The lowest BCUT2D eigenvalue weighted by Crippen LogP contribution is -2.07. The number of rotatable bonds is 1. The monoisotopic (exact) mass is 155 g/mol. The van der Waals surface area contributed by atoms with Crippen molar-refractivity contribution in [3.8, 4) is 0 Å². The molecular formula is C9H15S. The van der Waals surface area contributed by atoms with Crippen LogP contribution in [0.5, 0.6) is 0 Å². The maximum Gasteiger partial charge on any atom is 0.0109 e. The predicted octanol–water partition coefficient (Wildman–Crippen LogP) is 3.03. The zero-order chi connectivity index (χ0) is 6.81. The molecule has 0 amide bonds. The summed E-state index contributed by atoms with van der Waals surface area (Å²) in [5, 5.41) is 0.988. The molecule has 1 saturated carbocycles. The average Bonchev–Trinajstić information content (AvgIpc) is 2.59. The topological polar surface area (TPSA) is 0 Å². The lowest BCUT2D eigenvalue weighted by atomic mass is 10.0. The summed E-state index contributed by atoms with van der Waals surface area (Å²) < 4.78 is 0. The minimum absolute atomic E-state index is 0.988. The summed E-state index contributed by atoms with van der Waals surface area (Å²) in [5.74, 6) is 3.32. The highest BCUT2D eigenvalue weighted by Crippen LogP contribution is 2.41. The molecule has 2 aliphatic rings. The van der Waals surface area contributed by atoms with Gasteiger partial charge in [0, 0.05) is 5.25 Å². The van der Waals surface area contributed by atoms with Crippen molar-refractivity contribution >= 4 is 11.8 Å². The minimum Gasteiger partial charge on any atom is -0.158 e. The highest BCUT2D eigenvalue weighted by Gasteiger charge is 2.27. The highest BCUT2D eigenvalue weighted by molar-refractivity contribution is 8.00. The van der Waals surface area contributed by atoms with Crippen LogP contribution in [0.15, 0.2) is 0 Å². The second-order valence-electron chi connectivity index (χ2n) is 3.37. The van der Waals surface area contributed by atoms with E-state index in [0.29, 0.717) is 0 Å². The van der Waals surface area contributed by atoms with E-state index in [1.165, 1.54) is 44.3 Å². The Morgan fingerprint density at radius 1 is 1.10 bits per heavy atom. The lowest BCUT2D eigenvalue weighted by molar-refractivity contribution is 0.735. The molecule has 0 N–H and O–H groups in total. The molecule has 1 heterocycles. The van der Waals surface area contributed by atoms with Gasteiger partial charge in [-0.3, -0.25) is 0 Å². The van der Waals surface area contributed by atoms with Crippen LogP contribution in [0.2, 0.25) is 0 Å². The summed E-state index contributed by atoms with van der Waals surface area (Å²) in [5.41, 5.74) is 0. The SMILES string of the molecule is C1CC[C](C2CCCS2)C1. The maximum absolute atomic E-state index is 2.20. The van der Waals surface area contributed by atoms with Crippen LogP contribution in [0.1, 0.15) is 38.5 Å². The first-order valence-electron chi connectivity index (χ1n) is 4.43. The first kappa shape index (κ1) is 7.02. The van der Waals surface area contributed by atoms with Gasteiger partial charge < -0.3 is 0 Å². The van der Waals surface area contributed by atoms with Gasteiger partial charge in [-0.15, -0.1) is 0 Å².